The molecule has 0 aliphatic heterocycles. The van der Waals surface area contributed by atoms with Gasteiger partial charge in [0.1, 0.15) is 12.0 Å². The average Bonchev–Trinajstić information content (AvgIpc) is 2.81. The Hall–Kier alpha value is -2.25. The molecule has 3 N–H and O–H groups in total. The molecule has 0 amide bonds. The molecule has 1 heterocycles. The summed E-state index contributed by atoms with van der Waals surface area (Å²) >= 11 is 1.43. The minimum Gasteiger partial charge on any atom is -0.502 e. The number of aromatic hydroxyl groups is 1. The molecule has 6 nitrogen and oxygen atoms in total. The van der Waals surface area contributed by atoms with Crippen molar-refractivity contribution in [3.05, 3.63) is 63.7 Å². The summed E-state index contributed by atoms with van der Waals surface area (Å²) in [6.45, 7) is 2.23. The van der Waals surface area contributed by atoms with Crippen molar-refractivity contribution in [3.63, 3.8) is 0 Å². The van der Waals surface area contributed by atoms with Gasteiger partial charge >= 0.3 is 5.97 Å². The number of aliphatic hydroxyl groups is 1. The zero-order chi connectivity index (χ0) is 24.8. The predicted molar refractivity (Wildman–Crippen MR) is 136 cm³/mol. The monoisotopic (exact) mass is 490 g/mol. The number of aliphatic carboxylic acids is 1. The Bertz CT molecular complexity index is 908. The molecule has 7 heteroatoms. The van der Waals surface area contributed by atoms with E-state index in [0.29, 0.717) is 24.4 Å². The number of unbranched alkanes of at least 4 members (excludes halogenated alkanes) is 6. The van der Waals surface area contributed by atoms with E-state index in [1.165, 1.54) is 68.3 Å². The number of rotatable bonds is 17. The normalized spacial score (nSPS) is 13.0. The maximum Gasteiger partial charge on any atom is 0.303 e. The van der Waals surface area contributed by atoms with Crippen molar-refractivity contribution in [2.45, 2.75) is 94.7 Å². The minimum absolute atomic E-state index is 0.0126. The molecule has 1 aromatic heterocycles. The minimum atomic E-state index is -0.878. The second kappa shape index (κ2) is 15.6. The Morgan fingerprint density at radius 1 is 1.03 bits per heavy atom. The van der Waals surface area contributed by atoms with Gasteiger partial charge in [-0.1, -0.05) is 69.7 Å². The van der Waals surface area contributed by atoms with E-state index < -0.39 is 23.3 Å². The third-order valence-corrected chi connectivity index (χ3v) is 7.29. The van der Waals surface area contributed by atoms with E-state index in [9.17, 15) is 19.8 Å². The molecule has 0 aliphatic rings. The molecule has 0 bridgehead atoms. The summed E-state index contributed by atoms with van der Waals surface area (Å²) in [5.41, 5.74) is 1.72. The number of hydrogen-bond donors (Lipinski definition) is 3. The van der Waals surface area contributed by atoms with Crippen molar-refractivity contribution in [2.24, 2.45) is 0 Å². The van der Waals surface area contributed by atoms with Crippen molar-refractivity contribution in [3.8, 4) is 5.75 Å². The molecule has 1 aromatic carbocycles. The number of hydrogen-bond acceptors (Lipinski definition) is 6. The lowest BCUT2D eigenvalue weighted by atomic mass is 9.99. The molecule has 34 heavy (non-hydrogen) atoms. The fourth-order valence-corrected chi connectivity index (χ4v) is 5.10. The van der Waals surface area contributed by atoms with Gasteiger partial charge < -0.3 is 19.7 Å². The molecule has 0 spiro atoms. The Kier molecular flexibility index (Phi) is 12.9. The first-order valence-corrected chi connectivity index (χ1v) is 13.4. The molecule has 2 aromatic rings. The van der Waals surface area contributed by atoms with Crippen LogP contribution in [0.1, 0.15) is 93.3 Å². The van der Waals surface area contributed by atoms with Crippen LogP contribution in [0.15, 0.2) is 45.8 Å². The van der Waals surface area contributed by atoms with Gasteiger partial charge in [-0.05, 0) is 36.8 Å². The van der Waals surface area contributed by atoms with Crippen LogP contribution < -0.4 is 5.43 Å². The van der Waals surface area contributed by atoms with Gasteiger partial charge in [-0.3, -0.25) is 9.59 Å². The van der Waals surface area contributed by atoms with E-state index in [1.54, 1.807) is 0 Å². The van der Waals surface area contributed by atoms with Crippen molar-refractivity contribution >= 4 is 17.7 Å². The molecule has 188 valence electrons. The third-order valence-electron chi connectivity index (χ3n) is 5.89. The topological polar surface area (TPSA) is 108 Å². The van der Waals surface area contributed by atoms with Crippen LogP contribution in [-0.4, -0.2) is 27.4 Å². The van der Waals surface area contributed by atoms with Crippen molar-refractivity contribution in [1.29, 1.82) is 0 Å². The van der Waals surface area contributed by atoms with Crippen LogP contribution in [0.25, 0.3) is 0 Å². The Morgan fingerprint density at radius 3 is 2.35 bits per heavy atom. The van der Waals surface area contributed by atoms with E-state index in [1.807, 2.05) is 12.1 Å². The highest BCUT2D eigenvalue weighted by atomic mass is 32.2. The summed E-state index contributed by atoms with van der Waals surface area (Å²) in [6.07, 6.45) is 11.0. The van der Waals surface area contributed by atoms with Crippen LogP contribution in [0.2, 0.25) is 0 Å². The summed E-state index contributed by atoms with van der Waals surface area (Å²) in [5, 5.41) is 28.8. The Labute approximate surface area is 206 Å². The van der Waals surface area contributed by atoms with E-state index in [2.05, 4.69) is 19.1 Å². The zero-order valence-electron chi connectivity index (χ0n) is 20.1. The highest BCUT2D eigenvalue weighted by molar-refractivity contribution is 7.98. The Balaban J connectivity index is 1.97. The van der Waals surface area contributed by atoms with Gasteiger partial charge in [0.15, 0.2) is 5.75 Å². The van der Waals surface area contributed by atoms with Gasteiger partial charge in [-0.2, -0.15) is 0 Å². The lowest BCUT2D eigenvalue weighted by Crippen LogP contribution is -2.17. The molecule has 0 radical (unpaired) electrons. The molecule has 0 fully saturated rings. The van der Waals surface area contributed by atoms with E-state index in [0.717, 1.165) is 18.2 Å². The lowest BCUT2D eigenvalue weighted by molar-refractivity contribution is -0.137. The summed E-state index contributed by atoms with van der Waals surface area (Å²) in [5.74, 6) is -0.561. The van der Waals surface area contributed by atoms with Crippen molar-refractivity contribution < 1.29 is 24.5 Å². The fourth-order valence-electron chi connectivity index (χ4n) is 3.89. The molecule has 0 saturated carbocycles. The van der Waals surface area contributed by atoms with Crippen LogP contribution in [-0.2, 0) is 17.0 Å². The number of benzene rings is 1. The summed E-state index contributed by atoms with van der Waals surface area (Å²) in [7, 11) is 0. The zero-order valence-corrected chi connectivity index (χ0v) is 20.9. The van der Waals surface area contributed by atoms with Crippen LogP contribution in [0.5, 0.6) is 5.75 Å². The van der Waals surface area contributed by atoms with E-state index >= 15 is 0 Å². The average molecular weight is 491 g/mol. The quantitative estimate of drug-likeness (QED) is 0.226. The van der Waals surface area contributed by atoms with Gasteiger partial charge in [0.25, 0.3) is 0 Å². The standard InChI is InChI=1S/C27H38O6S/c1-2-3-4-5-6-7-8-10-20-13-15-21(16-14-20)27(23(28)11-9-12-26(31)32)34-19-22-17-24(29)25(30)18-33-22/h13-18,23,27-28,30H,2-12,19H2,1H3,(H,31,32). The van der Waals surface area contributed by atoms with Crippen molar-refractivity contribution in [2.75, 3.05) is 0 Å². The molecule has 2 atom stereocenters. The predicted octanol–water partition coefficient (Wildman–Crippen LogP) is 6.23. The lowest BCUT2D eigenvalue weighted by Gasteiger charge is -2.23. The molecule has 2 rings (SSSR count). The summed E-state index contributed by atoms with van der Waals surface area (Å²) in [6, 6.07) is 9.51. The first kappa shape index (κ1) is 28.0. The number of aliphatic hydroxyl groups excluding tert-OH is 1. The summed E-state index contributed by atoms with van der Waals surface area (Å²) in [4.78, 5) is 22.5. The molecule has 2 unspecified atom stereocenters. The smallest absolute Gasteiger partial charge is 0.303 e. The number of carbonyl (C=O) groups is 1. The molecular weight excluding hydrogens is 452 g/mol. The number of carboxylic acid groups (broad SMARTS) is 1. The highest BCUT2D eigenvalue weighted by Crippen LogP contribution is 2.36. The first-order chi connectivity index (χ1) is 16.4. The van der Waals surface area contributed by atoms with Crippen molar-refractivity contribution in [1.82, 2.24) is 0 Å². The second-order valence-electron chi connectivity index (χ2n) is 8.79. The van der Waals surface area contributed by atoms with Crippen LogP contribution in [0.4, 0.5) is 0 Å². The third kappa shape index (κ3) is 10.3. The Morgan fingerprint density at radius 2 is 1.71 bits per heavy atom. The first-order valence-electron chi connectivity index (χ1n) is 12.3. The highest BCUT2D eigenvalue weighted by Gasteiger charge is 2.22. The second-order valence-corrected chi connectivity index (χ2v) is 9.92. The molecular formula is C27H38O6S. The van der Waals surface area contributed by atoms with E-state index in [4.69, 9.17) is 9.52 Å². The maximum absolute atomic E-state index is 11.7. The molecule has 0 aliphatic carbocycles. The number of thioether (sulfide) groups is 1. The van der Waals surface area contributed by atoms with Gasteiger partial charge in [0.2, 0.25) is 5.43 Å². The van der Waals surface area contributed by atoms with Gasteiger partial charge in [0, 0.05) is 12.5 Å². The number of carboxylic acids is 1. The maximum atomic E-state index is 11.7. The van der Waals surface area contributed by atoms with Crippen LogP contribution >= 0.6 is 11.8 Å². The van der Waals surface area contributed by atoms with Crippen LogP contribution in [0.3, 0.4) is 0 Å². The van der Waals surface area contributed by atoms with Crippen LogP contribution in [0, 0.1) is 0 Å². The molecule has 0 saturated heterocycles. The summed E-state index contributed by atoms with van der Waals surface area (Å²) < 4.78 is 5.29. The SMILES string of the molecule is CCCCCCCCCc1ccc(C(SCc2cc(=O)c(O)co2)C(O)CCCC(=O)O)cc1. The van der Waals surface area contributed by atoms with Gasteiger partial charge in [0.05, 0.1) is 17.1 Å². The number of aryl methyl sites for hydroxylation is 1. The largest absolute Gasteiger partial charge is 0.502 e. The van der Waals surface area contributed by atoms with Gasteiger partial charge in [-0.15, -0.1) is 11.8 Å². The van der Waals surface area contributed by atoms with Gasteiger partial charge in [-0.25, -0.2) is 0 Å². The fraction of sp³-hybridized carbons (Fsp3) is 0.556. The van der Waals surface area contributed by atoms with E-state index in [-0.39, 0.29) is 11.7 Å².